The molecule has 0 unspecified atom stereocenters. The summed E-state index contributed by atoms with van der Waals surface area (Å²) in [6.07, 6.45) is 0. The van der Waals surface area contributed by atoms with Crippen LogP contribution in [-0.2, 0) is 20.0 Å². The second kappa shape index (κ2) is 8.52. The molecule has 0 bridgehead atoms. The molecule has 0 aliphatic rings. The Morgan fingerprint density at radius 1 is 0.852 bits per heavy atom. The molecule has 0 aliphatic heterocycles. The first kappa shape index (κ1) is 21.6. The van der Waals surface area contributed by atoms with E-state index >= 15 is 0 Å². The minimum atomic E-state index is -3.66. The highest BCUT2D eigenvalue weighted by Gasteiger charge is 2.22. The summed E-state index contributed by atoms with van der Waals surface area (Å²) in [6.45, 7) is 7.98. The normalized spacial score (nSPS) is 13.7. The monoisotopic (exact) mass is 410 g/mol. The number of hydrogen-bond donors (Lipinski definition) is 1. The lowest BCUT2D eigenvalue weighted by Crippen LogP contribution is -2.30. The summed E-state index contributed by atoms with van der Waals surface area (Å²) in [5, 5.41) is 0. The van der Waals surface area contributed by atoms with Crippen LogP contribution in [-0.4, -0.2) is 34.2 Å². The third kappa shape index (κ3) is 4.95. The summed E-state index contributed by atoms with van der Waals surface area (Å²) in [4.78, 5) is 0.393. The summed E-state index contributed by atoms with van der Waals surface area (Å²) >= 11 is 0. The predicted octanol–water partition coefficient (Wildman–Crippen LogP) is 3.07. The van der Waals surface area contributed by atoms with Crippen LogP contribution in [0, 0.1) is 6.92 Å². The summed E-state index contributed by atoms with van der Waals surface area (Å²) in [5.74, 6) is 0. The van der Waals surface area contributed by atoms with Crippen molar-refractivity contribution in [1.82, 2.24) is 9.03 Å². The van der Waals surface area contributed by atoms with Gasteiger partial charge >= 0.3 is 0 Å². The Morgan fingerprint density at radius 2 is 1.33 bits per heavy atom. The molecular formula is C19H26N2O4S2. The van der Waals surface area contributed by atoms with Crippen molar-refractivity contribution in [1.29, 1.82) is 0 Å². The fourth-order valence-corrected chi connectivity index (χ4v) is 5.42. The maximum Gasteiger partial charge on any atom is 0.243 e. The second-order valence-electron chi connectivity index (χ2n) is 6.31. The van der Waals surface area contributed by atoms with Gasteiger partial charge in [0.25, 0.3) is 0 Å². The van der Waals surface area contributed by atoms with Crippen molar-refractivity contribution < 1.29 is 16.8 Å². The van der Waals surface area contributed by atoms with Gasteiger partial charge in [0.1, 0.15) is 0 Å². The van der Waals surface area contributed by atoms with Crippen LogP contribution in [0.1, 0.15) is 37.9 Å². The lowest BCUT2D eigenvalue weighted by atomic mass is 10.1. The number of nitrogens with one attached hydrogen (secondary N) is 1. The fourth-order valence-electron chi connectivity index (χ4n) is 2.73. The molecule has 27 heavy (non-hydrogen) atoms. The molecule has 0 saturated carbocycles. The van der Waals surface area contributed by atoms with E-state index in [2.05, 4.69) is 4.72 Å². The molecule has 2 aromatic carbocycles. The fraction of sp³-hybridized carbons (Fsp3) is 0.368. The minimum Gasteiger partial charge on any atom is -0.207 e. The lowest BCUT2D eigenvalue weighted by molar-refractivity contribution is 0.445. The molecule has 0 heterocycles. The van der Waals surface area contributed by atoms with Gasteiger partial charge in [-0.3, -0.25) is 0 Å². The van der Waals surface area contributed by atoms with Gasteiger partial charge in [0.15, 0.2) is 0 Å². The van der Waals surface area contributed by atoms with Crippen molar-refractivity contribution in [3.05, 3.63) is 59.7 Å². The number of aryl methyl sites for hydroxylation is 1. The Kier molecular flexibility index (Phi) is 6.80. The van der Waals surface area contributed by atoms with E-state index < -0.39 is 26.1 Å². The zero-order valence-electron chi connectivity index (χ0n) is 16.0. The largest absolute Gasteiger partial charge is 0.243 e. The van der Waals surface area contributed by atoms with Gasteiger partial charge in [-0.1, -0.05) is 43.7 Å². The van der Waals surface area contributed by atoms with Crippen molar-refractivity contribution in [3.8, 4) is 0 Å². The molecule has 0 amide bonds. The zero-order valence-corrected chi connectivity index (χ0v) is 17.6. The van der Waals surface area contributed by atoms with E-state index in [9.17, 15) is 16.8 Å². The third-order valence-corrected chi connectivity index (χ3v) is 8.01. The number of rotatable bonds is 8. The molecule has 0 saturated heterocycles. The van der Waals surface area contributed by atoms with Gasteiger partial charge in [0.2, 0.25) is 20.0 Å². The Hall–Kier alpha value is -1.74. The van der Waals surface area contributed by atoms with Crippen LogP contribution in [0.3, 0.4) is 0 Å². The number of sulfonamides is 2. The van der Waals surface area contributed by atoms with E-state index in [1.54, 1.807) is 57.2 Å². The van der Waals surface area contributed by atoms with Gasteiger partial charge in [0.05, 0.1) is 9.79 Å². The molecular weight excluding hydrogens is 384 g/mol. The van der Waals surface area contributed by atoms with E-state index in [0.717, 1.165) is 5.56 Å². The summed E-state index contributed by atoms with van der Waals surface area (Å²) in [5.41, 5.74) is 1.66. The smallest absolute Gasteiger partial charge is 0.207 e. The maximum absolute atomic E-state index is 12.5. The zero-order chi connectivity index (χ0) is 20.2. The summed E-state index contributed by atoms with van der Waals surface area (Å²) in [7, 11) is -7.19. The molecule has 1 atom stereocenters. The molecule has 148 valence electrons. The van der Waals surface area contributed by atoms with E-state index in [4.69, 9.17) is 0 Å². The highest BCUT2D eigenvalue weighted by atomic mass is 32.2. The first-order valence-corrected chi connectivity index (χ1v) is 11.7. The molecule has 0 aliphatic carbocycles. The van der Waals surface area contributed by atoms with Gasteiger partial charge in [-0.05, 0) is 43.7 Å². The maximum atomic E-state index is 12.5. The Labute approximate surface area is 162 Å². The van der Waals surface area contributed by atoms with E-state index in [1.165, 1.54) is 16.4 Å². The predicted molar refractivity (Wildman–Crippen MR) is 106 cm³/mol. The van der Waals surface area contributed by atoms with Crippen LogP contribution in [0.5, 0.6) is 0 Å². The second-order valence-corrected chi connectivity index (χ2v) is 9.97. The van der Waals surface area contributed by atoms with Gasteiger partial charge in [0, 0.05) is 19.1 Å². The average molecular weight is 411 g/mol. The number of nitrogens with zero attached hydrogens (tertiary/aromatic N) is 1. The molecule has 2 rings (SSSR count). The number of hydrogen-bond acceptors (Lipinski definition) is 4. The van der Waals surface area contributed by atoms with Crippen molar-refractivity contribution in [2.24, 2.45) is 0 Å². The Balaban J connectivity index is 2.20. The van der Waals surface area contributed by atoms with Gasteiger partial charge in [-0.15, -0.1) is 0 Å². The SMILES string of the molecule is CCN(CC)S(=O)(=O)c1ccc([C@@H](C)NS(=O)(=O)c2ccc(C)cc2)cc1. The topological polar surface area (TPSA) is 83.6 Å². The van der Waals surface area contributed by atoms with Gasteiger partial charge in [-0.25, -0.2) is 21.6 Å². The highest BCUT2D eigenvalue weighted by Crippen LogP contribution is 2.21. The Bertz CT molecular complexity index is 963. The van der Waals surface area contributed by atoms with Crippen LogP contribution in [0.4, 0.5) is 0 Å². The standard InChI is InChI=1S/C19H26N2O4S2/c1-5-21(6-2)27(24,25)19-13-9-17(10-14-19)16(4)20-26(22,23)18-11-7-15(3)8-12-18/h7-14,16,20H,5-6H2,1-4H3/t16-/m1/s1. The molecule has 0 spiro atoms. The molecule has 6 nitrogen and oxygen atoms in total. The van der Waals surface area contributed by atoms with E-state index in [1.807, 2.05) is 6.92 Å². The van der Waals surface area contributed by atoms with Crippen LogP contribution >= 0.6 is 0 Å². The van der Waals surface area contributed by atoms with Crippen molar-refractivity contribution in [2.45, 2.75) is 43.5 Å². The average Bonchev–Trinajstić information content (AvgIpc) is 2.62. The molecule has 0 aromatic heterocycles. The highest BCUT2D eigenvalue weighted by molar-refractivity contribution is 7.89. The first-order valence-electron chi connectivity index (χ1n) is 8.81. The summed E-state index contributed by atoms with van der Waals surface area (Å²) in [6, 6.07) is 12.4. The van der Waals surface area contributed by atoms with E-state index in [-0.39, 0.29) is 9.79 Å². The van der Waals surface area contributed by atoms with Crippen LogP contribution in [0.2, 0.25) is 0 Å². The summed E-state index contributed by atoms with van der Waals surface area (Å²) < 4.78 is 54.1. The molecule has 8 heteroatoms. The molecule has 0 fully saturated rings. The third-order valence-electron chi connectivity index (χ3n) is 4.39. The van der Waals surface area contributed by atoms with Crippen LogP contribution in [0.25, 0.3) is 0 Å². The van der Waals surface area contributed by atoms with Crippen molar-refractivity contribution in [3.63, 3.8) is 0 Å². The van der Waals surface area contributed by atoms with Gasteiger partial charge in [-0.2, -0.15) is 4.31 Å². The van der Waals surface area contributed by atoms with E-state index in [0.29, 0.717) is 18.7 Å². The van der Waals surface area contributed by atoms with Crippen molar-refractivity contribution in [2.75, 3.05) is 13.1 Å². The molecule has 0 radical (unpaired) electrons. The minimum absolute atomic E-state index is 0.195. The molecule has 2 aromatic rings. The van der Waals surface area contributed by atoms with Crippen LogP contribution < -0.4 is 4.72 Å². The van der Waals surface area contributed by atoms with Crippen LogP contribution in [0.15, 0.2) is 58.3 Å². The lowest BCUT2D eigenvalue weighted by Gasteiger charge is -2.19. The first-order chi connectivity index (χ1) is 12.6. The molecule has 1 N–H and O–H groups in total. The van der Waals surface area contributed by atoms with Crippen molar-refractivity contribution >= 4 is 20.0 Å². The Morgan fingerprint density at radius 3 is 1.81 bits per heavy atom. The number of benzene rings is 2. The quantitative estimate of drug-likeness (QED) is 0.725. The van der Waals surface area contributed by atoms with Gasteiger partial charge < -0.3 is 0 Å².